The molecule has 0 fully saturated rings. The highest BCUT2D eigenvalue weighted by Crippen LogP contribution is 2.35. The zero-order valence-corrected chi connectivity index (χ0v) is 26.5. The van der Waals surface area contributed by atoms with Gasteiger partial charge in [-0.1, -0.05) is 60.1 Å². The normalized spacial score (nSPS) is 13.6. The van der Waals surface area contributed by atoms with Crippen molar-refractivity contribution in [3.63, 3.8) is 0 Å². The molecule has 3 aromatic rings. The number of sulfonamides is 1. The van der Waals surface area contributed by atoms with Crippen LogP contribution in [-0.4, -0.2) is 62.2 Å². The Hall–Kier alpha value is -3.76. The van der Waals surface area contributed by atoms with Crippen LogP contribution in [0.5, 0.6) is 11.5 Å². The minimum absolute atomic E-state index is 0.00524. The Morgan fingerprint density at radius 2 is 1.60 bits per heavy atom. The number of anilines is 1. The largest absolute Gasteiger partial charge is 0.486 e. The molecule has 0 spiro atoms. The Balaban J connectivity index is 1.77. The van der Waals surface area contributed by atoms with E-state index in [0.717, 1.165) is 9.87 Å². The first-order valence-electron chi connectivity index (χ1n) is 14.2. The molecule has 0 aliphatic carbocycles. The van der Waals surface area contributed by atoms with Crippen LogP contribution in [0.25, 0.3) is 0 Å². The van der Waals surface area contributed by atoms with Gasteiger partial charge in [-0.15, -0.1) is 0 Å². The number of benzene rings is 3. The van der Waals surface area contributed by atoms with Gasteiger partial charge in [-0.3, -0.25) is 13.9 Å². The van der Waals surface area contributed by atoms with Crippen molar-refractivity contribution in [3.05, 3.63) is 88.9 Å². The van der Waals surface area contributed by atoms with E-state index in [4.69, 9.17) is 21.1 Å². The molecule has 2 amide bonds. The number of halogens is 1. The van der Waals surface area contributed by atoms with Crippen LogP contribution in [0.3, 0.4) is 0 Å². The molecule has 1 atom stereocenters. The SMILES string of the molecule is CCS(=O)(=O)N(CC(=O)N(Cc1ccccc1Cl)[C@@H](Cc1ccccc1)C(=O)NC(C)(C)C)c1ccc2c(c1)OCCO2. The van der Waals surface area contributed by atoms with Gasteiger partial charge in [0.2, 0.25) is 21.8 Å². The summed E-state index contributed by atoms with van der Waals surface area (Å²) in [6.07, 6.45) is 0.212. The van der Waals surface area contributed by atoms with Gasteiger partial charge < -0.3 is 19.7 Å². The van der Waals surface area contributed by atoms with E-state index in [-0.39, 0.29) is 30.3 Å². The fourth-order valence-corrected chi connectivity index (χ4v) is 5.97. The number of amides is 2. The van der Waals surface area contributed by atoms with Gasteiger partial charge in [0, 0.05) is 29.6 Å². The molecular formula is C32H38ClN3O6S. The quantitative estimate of drug-likeness (QED) is 0.327. The lowest BCUT2D eigenvalue weighted by Gasteiger charge is -2.35. The Morgan fingerprint density at radius 3 is 2.26 bits per heavy atom. The molecule has 0 radical (unpaired) electrons. The molecule has 230 valence electrons. The molecule has 0 aromatic heterocycles. The average molecular weight is 628 g/mol. The number of rotatable bonds is 11. The maximum Gasteiger partial charge on any atom is 0.244 e. The summed E-state index contributed by atoms with van der Waals surface area (Å²) >= 11 is 6.52. The highest BCUT2D eigenvalue weighted by Gasteiger charge is 2.35. The lowest BCUT2D eigenvalue weighted by atomic mass is 10.0. The molecule has 11 heteroatoms. The summed E-state index contributed by atoms with van der Waals surface area (Å²) in [6.45, 7) is 7.28. The molecule has 1 N–H and O–H groups in total. The van der Waals surface area contributed by atoms with Crippen molar-refractivity contribution in [3.8, 4) is 11.5 Å². The summed E-state index contributed by atoms with van der Waals surface area (Å²) in [4.78, 5) is 29.6. The van der Waals surface area contributed by atoms with Crippen LogP contribution in [0, 0.1) is 0 Å². The Bertz CT molecular complexity index is 1540. The first-order valence-corrected chi connectivity index (χ1v) is 16.2. The fourth-order valence-electron chi connectivity index (χ4n) is 4.72. The Labute approximate surface area is 258 Å². The number of nitrogens with zero attached hydrogens (tertiary/aromatic N) is 2. The van der Waals surface area contributed by atoms with Crippen LogP contribution in [0.15, 0.2) is 72.8 Å². The van der Waals surface area contributed by atoms with Gasteiger partial charge in [0.15, 0.2) is 11.5 Å². The van der Waals surface area contributed by atoms with Crippen molar-refractivity contribution in [1.29, 1.82) is 0 Å². The van der Waals surface area contributed by atoms with Crippen LogP contribution in [-0.2, 0) is 32.6 Å². The highest BCUT2D eigenvalue weighted by molar-refractivity contribution is 7.92. The van der Waals surface area contributed by atoms with Crippen LogP contribution in [0.2, 0.25) is 5.02 Å². The van der Waals surface area contributed by atoms with E-state index in [1.807, 2.05) is 51.1 Å². The molecule has 3 aromatic carbocycles. The molecular weight excluding hydrogens is 590 g/mol. The van der Waals surface area contributed by atoms with E-state index < -0.39 is 34.1 Å². The molecule has 1 aliphatic rings. The molecule has 0 saturated carbocycles. The molecule has 1 aliphatic heterocycles. The van der Waals surface area contributed by atoms with Gasteiger partial charge in [0.1, 0.15) is 25.8 Å². The molecule has 4 rings (SSSR count). The number of carbonyl (C=O) groups excluding carboxylic acids is 2. The van der Waals surface area contributed by atoms with Crippen molar-refractivity contribution < 1.29 is 27.5 Å². The van der Waals surface area contributed by atoms with Crippen molar-refractivity contribution >= 4 is 39.1 Å². The zero-order chi connectivity index (χ0) is 31.2. The van der Waals surface area contributed by atoms with Gasteiger partial charge in [-0.25, -0.2) is 8.42 Å². The van der Waals surface area contributed by atoms with Gasteiger partial charge in [0.05, 0.1) is 11.4 Å². The third-order valence-corrected chi connectivity index (χ3v) is 8.97. The van der Waals surface area contributed by atoms with E-state index in [9.17, 15) is 18.0 Å². The first kappa shape index (κ1) is 32.2. The van der Waals surface area contributed by atoms with E-state index in [0.29, 0.717) is 35.3 Å². The summed E-state index contributed by atoms with van der Waals surface area (Å²) in [5, 5.41) is 3.44. The van der Waals surface area contributed by atoms with E-state index in [1.165, 1.54) is 11.8 Å². The van der Waals surface area contributed by atoms with Crippen molar-refractivity contribution in [1.82, 2.24) is 10.2 Å². The number of hydrogen-bond acceptors (Lipinski definition) is 6. The maximum absolute atomic E-state index is 14.3. The topological polar surface area (TPSA) is 105 Å². The third kappa shape index (κ3) is 8.42. The van der Waals surface area contributed by atoms with Crippen LogP contribution < -0.4 is 19.1 Å². The fraction of sp³-hybridized carbons (Fsp3) is 0.375. The van der Waals surface area contributed by atoms with Gasteiger partial charge in [-0.2, -0.15) is 0 Å². The lowest BCUT2D eigenvalue weighted by Crippen LogP contribution is -2.56. The summed E-state index contributed by atoms with van der Waals surface area (Å²) in [7, 11) is -3.92. The maximum atomic E-state index is 14.3. The van der Waals surface area contributed by atoms with E-state index in [1.54, 1.807) is 42.5 Å². The predicted octanol–water partition coefficient (Wildman–Crippen LogP) is 4.82. The molecule has 0 bridgehead atoms. The van der Waals surface area contributed by atoms with E-state index >= 15 is 0 Å². The van der Waals surface area contributed by atoms with Crippen molar-refractivity contribution in [2.75, 3.05) is 29.8 Å². The number of carbonyl (C=O) groups is 2. The smallest absolute Gasteiger partial charge is 0.244 e. The Kier molecular flexibility index (Phi) is 10.2. The molecule has 0 saturated heterocycles. The van der Waals surface area contributed by atoms with Crippen LogP contribution >= 0.6 is 11.6 Å². The van der Waals surface area contributed by atoms with Gasteiger partial charge in [-0.05, 0) is 57.0 Å². The number of ether oxygens (including phenoxy) is 2. The lowest BCUT2D eigenvalue weighted by molar-refractivity contribution is -0.140. The van der Waals surface area contributed by atoms with Gasteiger partial charge in [0.25, 0.3) is 0 Å². The van der Waals surface area contributed by atoms with Crippen LogP contribution in [0.4, 0.5) is 5.69 Å². The predicted molar refractivity (Wildman–Crippen MR) is 168 cm³/mol. The second kappa shape index (κ2) is 13.7. The number of fused-ring (bicyclic) bond motifs is 1. The van der Waals surface area contributed by atoms with Crippen LogP contribution in [0.1, 0.15) is 38.8 Å². The first-order chi connectivity index (χ1) is 20.4. The number of hydrogen-bond donors (Lipinski definition) is 1. The zero-order valence-electron chi connectivity index (χ0n) is 24.9. The molecule has 43 heavy (non-hydrogen) atoms. The number of nitrogens with one attached hydrogen (secondary N) is 1. The highest BCUT2D eigenvalue weighted by atomic mass is 35.5. The van der Waals surface area contributed by atoms with Gasteiger partial charge >= 0.3 is 0 Å². The molecule has 1 heterocycles. The molecule has 9 nitrogen and oxygen atoms in total. The minimum Gasteiger partial charge on any atom is -0.486 e. The summed E-state index contributed by atoms with van der Waals surface area (Å²) in [6, 6.07) is 20.3. The van der Waals surface area contributed by atoms with E-state index in [2.05, 4.69) is 5.32 Å². The average Bonchev–Trinajstić information content (AvgIpc) is 2.97. The minimum atomic E-state index is -3.92. The third-order valence-electron chi connectivity index (χ3n) is 6.86. The molecule has 0 unspecified atom stereocenters. The second-order valence-electron chi connectivity index (χ2n) is 11.3. The Morgan fingerprint density at radius 1 is 0.953 bits per heavy atom. The van der Waals surface area contributed by atoms with Crippen molar-refractivity contribution in [2.45, 2.75) is 52.2 Å². The van der Waals surface area contributed by atoms with Crippen molar-refractivity contribution in [2.24, 2.45) is 0 Å². The summed E-state index contributed by atoms with van der Waals surface area (Å²) in [5.41, 5.74) is 1.16. The second-order valence-corrected chi connectivity index (χ2v) is 13.9. The summed E-state index contributed by atoms with van der Waals surface area (Å²) < 4.78 is 39.1. The monoisotopic (exact) mass is 627 g/mol. The standard InChI is InChI=1S/C32H38ClN3O6S/c1-5-43(39,40)36(25-15-16-28-29(20-25)42-18-17-41-28)22-30(37)35(21-24-13-9-10-14-26(24)33)27(31(38)34-32(2,3)4)19-23-11-7-6-8-12-23/h6-16,20,27H,5,17-19,21-22H2,1-4H3,(H,34,38)/t27-/m0/s1. The summed E-state index contributed by atoms with van der Waals surface area (Å²) in [5.74, 6) is -0.265.